The van der Waals surface area contributed by atoms with E-state index in [1.165, 1.54) is 57.8 Å². The normalized spacial score (nSPS) is 21.6. The molecule has 0 saturated heterocycles. The third kappa shape index (κ3) is 4.55. The monoisotopic (exact) mass is 211 g/mol. The van der Waals surface area contributed by atoms with E-state index >= 15 is 0 Å². The molecule has 0 aliphatic heterocycles. The molecule has 1 aliphatic carbocycles. The Labute approximate surface area is 95.8 Å². The number of nitrogens with two attached hydrogens (primary N) is 1. The van der Waals surface area contributed by atoms with Gasteiger partial charge in [0.2, 0.25) is 0 Å². The van der Waals surface area contributed by atoms with E-state index < -0.39 is 0 Å². The van der Waals surface area contributed by atoms with Gasteiger partial charge in [-0.2, -0.15) is 0 Å². The molecule has 1 unspecified atom stereocenters. The van der Waals surface area contributed by atoms with E-state index in [1.807, 2.05) is 0 Å². The molecule has 2 N–H and O–H groups in total. The lowest BCUT2D eigenvalue weighted by molar-refractivity contribution is 0.304. The molecule has 0 bridgehead atoms. The molecule has 90 valence electrons. The van der Waals surface area contributed by atoms with Gasteiger partial charge in [0.15, 0.2) is 0 Å². The van der Waals surface area contributed by atoms with Gasteiger partial charge in [0, 0.05) is 6.04 Å². The molecule has 15 heavy (non-hydrogen) atoms. The highest BCUT2D eigenvalue weighted by molar-refractivity contribution is 4.77. The highest BCUT2D eigenvalue weighted by Gasteiger charge is 2.21. The zero-order valence-corrected chi connectivity index (χ0v) is 10.7. The van der Waals surface area contributed by atoms with E-state index in [-0.39, 0.29) is 0 Å². The highest BCUT2D eigenvalue weighted by atomic mass is 14.7. The minimum Gasteiger partial charge on any atom is -0.327 e. The minimum atomic E-state index is 0.480. The van der Waals surface area contributed by atoms with Gasteiger partial charge in [-0.1, -0.05) is 52.4 Å². The van der Waals surface area contributed by atoms with E-state index in [9.17, 15) is 0 Å². The summed E-state index contributed by atoms with van der Waals surface area (Å²) < 4.78 is 0. The van der Waals surface area contributed by atoms with Gasteiger partial charge in [-0.25, -0.2) is 0 Å². The average Bonchev–Trinajstić information content (AvgIpc) is 2.54. The first-order valence-corrected chi connectivity index (χ1v) is 7.03. The fraction of sp³-hybridized carbons (Fsp3) is 1.00. The molecule has 0 heterocycles. The van der Waals surface area contributed by atoms with E-state index in [1.54, 1.807) is 0 Å². The third-order valence-electron chi connectivity index (χ3n) is 4.27. The Hall–Kier alpha value is -0.0400. The first kappa shape index (κ1) is 13.0. The van der Waals surface area contributed by atoms with Crippen molar-refractivity contribution in [3.05, 3.63) is 0 Å². The van der Waals surface area contributed by atoms with E-state index in [0.29, 0.717) is 6.04 Å². The summed E-state index contributed by atoms with van der Waals surface area (Å²) in [7, 11) is 0. The number of hydrogen-bond acceptors (Lipinski definition) is 1. The maximum atomic E-state index is 6.37. The largest absolute Gasteiger partial charge is 0.327 e. The predicted octanol–water partition coefficient (Wildman–Crippen LogP) is 4.11. The van der Waals surface area contributed by atoms with Gasteiger partial charge in [0.25, 0.3) is 0 Å². The van der Waals surface area contributed by atoms with Crippen molar-refractivity contribution in [1.82, 2.24) is 0 Å². The maximum absolute atomic E-state index is 6.37. The summed E-state index contributed by atoms with van der Waals surface area (Å²) in [6.45, 7) is 4.60. The number of hydrogen-bond donors (Lipinski definition) is 1. The standard InChI is InChI=1S/C14H29N/c1-3-12(4-2)11-14(15)13-9-7-5-6-8-10-13/h12-14H,3-11,15H2,1-2H3. The molecule has 1 saturated carbocycles. The summed E-state index contributed by atoms with van der Waals surface area (Å²) in [5, 5.41) is 0. The van der Waals surface area contributed by atoms with Crippen LogP contribution in [0, 0.1) is 11.8 Å². The SMILES string of the molecule is CCC(CC)CC(N)C1CCCCCC1. The fourth-order valence-corrected chi connectivity index (χ4v) is 2.94. The van der Waals surface area contributed by atoms with Crippen LogP contribution in [-0.2, 0) is 0 Å². The Morgan fingerprint density at radius 2 is 1.53 bits per heavy atom. The van der Waals surface area contributed by atoms with E-state index in [2.05, 4.69) is 13.8 Å². The fourth-order valence-electron chi connectivity index (χ4n) is 2.94. The van der Waals surface area contributed by atoms with Gasteiger partial charge < -0.3 is 5.73 Å². The Kier molecular flexibility index (Phi) is 6.31. The maximum Gasteiger partial charge on any atom is 0.00697 e. The Morgan fingerprint density at radius 1 is 1.00 bits per heavy atom. The van der Waals surface area contributed by atoms with Crippen LogP contribution in [0.25, 0.3) is 0 Å². The van der Waals surface area contributed by atoms with Crippen molar-refractivity contribution in [2.75, 3.05) is 0 Å². The van der Waals surface area contributed by atoms with Crippen LogP contribution in [-0.4, -0.2) is 6.04 Å². The van der Waals surface area contributed by atoms with Crippen molar-refractivity contribution < 1.29 is 0 Å². The predicted molar refractivity (Wildman–Crippen MR) is 67.9 cm³/mol. The topological polar surface area (TPSA) is 26.0 Å². The van der Waals surface area contributed by atoms with Crippen molar-refractivity contribution in [2.24, 2.45) is 17.6 Å². The lowest BCUT2D eigenvalue weighted by Crippen LogP contribution is -2.32. The van der Waals surface area contributed by atoms with Crippen LogP contribution in [0.4, 0.5) is 0 Å². The Morgan fingerprint density at radius 3 is 2.00 bits per heavy atom. The molecule has 0 amide bonds. The minimum absolute atomic E-state index is 0.480. The molecule has 1 atom stereocenters. The van der Waals surface area contributed by atoms with Crippen LogP contribution in [0.2, 0.25) is 0 Å². The van der Waals surface area contributed by atoms with Crippen molar-refractivity contribution >= 4 is 0 Å². The number of rotatable bonds is 5. The van der Waals surface area contributed by atoms with Crippen LogP contribution in [0.5, 0.6) is 0 Å². The molecule has 0 radical (unpaired) electrons. The molecule has 1 aliphatic rings. The highest BCUT2D eigenvalue weighted by Crippen LogP contribution is 2.28. The first-order chi connectivity index (χ1) is 7.27. The van der Waals surface area contributed by atoms with Crippen LogP contribution in [0.15, 0.2) is 0 Å². The lowest BCUT2D eigenvalue weighted by atomic mass is 9.85. The van der Waals surface area contributed by atoms with Crippen LogP contribution in [0.3, 0.4) is 0 Å². The van der Waals surface area contributed by atoms with Crippen molar-refractivity contribution in [3.8, 4) is 0 Å². The zero-order chi connectivity index (χ0) is 11.1. The lowest BCUT2D eigenvalue weighted by Gasteiger charge is -2.25. The molecular formula is C14H29N. The summed E-state index contributed by atoms with van der Waals surface area (Å²) in [5.74, 6) is 1.69. The average molecular weight is 211 g/mol. The van der Waals surface area contributed by atoms with Gasteiger partial charge in [0.05, 0.1) is 0 Å². The first-order valence-electron chi connectivity index (χ1n) is 7.03. The molecule has 1 rings (SSSR count). The van der Waals surface area contributed by atoms with Crippen molar-refractivity contribution in [2.45, 2.75) is 77.7 Å². The summed E-state index contributed by atoms with van der Waals surface area (Å²) >= 11 is 0. The van der Waals surface area contributed by atoms with Crippen molar-refractivity contribution in [3.63, 3.8) is 0 Å². The molecule has 0 aromatic carbocycles. The molecule has 0 aromatic heterocycles. The summed E-state index contributed by atoms with van der Waals surface area (Å²) in [6, 6.07) is 0.480. The quantitative estimate of drug-likeness (QED) is 0.680. The molecule has 1 heteroatoms. The van der Waals surface area contributed by atoms with Crippen LogP contribution >= 0.6 is 0 Å². The van der Waals surface area contributed by atoms with Gasteiger partial charge in [-0.15, -0.1) is 0 Å². The third-order valence-corrected chi connectivity index (χ3v) is 4.27. The van der Waals surface area contributed by atoms with Gasteiger partial charge in [-0.05, 0) is 31.1 Å². The molecule has 0 spiro atoms. The smallest absolute Gasteiger partial charge is 0.00697 e. The molecular weight excluding hydrogens is 182 g/mol. The summed E-state index contributed by atoms with van der Waals surface area (Å²) in [5.41, 5.74) is 6.37. The van der Waals surface area contributed by atoms with Gasteiger partial charge in [0.1, 0.15) is 0 Å². The Balaban J connectivity index is 2.33. The van der Waals surface area contributed by atoms with Crippen LogP contribution < -0.4 is 5.73 Å². The summed E-state index contributed by atoms with van der Waals surface area (Å²) in [6.07, 6.45) is 12.4. The van der Waals surface area contributed by atoms with E-state index in [4.69, 9.17) is 5.73 Å². The van der Waals surface area contributed by atoms with Gasteiger partial charge in [-0.3, -0.25) is 0 Å². The summed E-state index contributed by atoms with van der Waals surface area (Å²) in [4.78, 5) is 0. The molecule has 1 nitrogen and oxygen atoms in total. The Bertz CT molecular complexity index is 143. The second kappa shape index (κ2) is 7.27. The van der Waals surface area contributed by atoms with Crippen LogP contribution in [0.1, 0.15) is 71.6 Å². The van der Waals surface area contributed by atoms with E-state index in [0.717, 1.165) is 11.8 Å². The van der Waals surface area contributed by atoms with Crippen molar-refractivity contribution in [1.29, 1.82) is 0 Å². The zero-order valence-electron chi connectivity index (χ0n) is 10.7. The second-order valence-corrected chi connectivity index (χ2v) is 5.33. The molecule has 1 fully saturated rings. The molecule has 0 aromatic rings. The van der Waals surface area contributed by atoms with Gasteiger partial charge >= 0.3 is 0 Å². The second-order valence-electron chi connectivity index (χ2n) is 5.33.